The van der Waals surface area contributed by atoms with Crippen molar-refractivity contribution in [2.24, 2.45) is 0 Å². The Kier molecular flexibility index (Phi) is 8.35. The Morgan fingerprint density at radius 3 is 2.62 bits per heavy atom. The largest absolute Gasteiger partial charge is 0.494 e. The molecule has 0 fully saturated rings. The molecule has 0 saturated heterocycles. The quantitative estimate of drug-likeness (QED) is 0.649. The highest BCUT2D eigenvalue weighted by molar-refractivity contribution is 7.99. The molecule has 0 atom stereocenters. The number of carbonyl (C=O) groups is 2. The molecule has 0 unspecified atom stereocenters. The lowest BCUT2D eigenvalue weighted by Gasteiger charge is -2.07. The van der Waals surface area contributed by atoms with E-state index in [-0.39, 0.29) is 11.7 Å². The van der Waals surface area contributed by atoms with Crippen LogP contribution in [0.3, 0.4) is 0 Å². The van der Waals surface area contributed by atoms with Crippen LogP contribution in [0.1, 0.15) is 30.1 Å². The predicted octanol–water partition coefficient (Wildman–Crippen LogP) is 2.41. The number of hydrogen-bond acceptors (Lipinski definition) is 4. The van der Waals surface area contributed by atoms with Gasteiger partial charge in [0.2, 0.25) is 0 Å². The molecule has 1 amide bonds. The maximum absolute atomic E-state index is 11.8. The van der Waals surface area contributed by atoms with Gasteiger partial charge in [-0.2, -0.15) is 0 Å². The molecule has 0 aliphatic heterocycles. The molecule has 116 valence electrons. The SMILES string of the molecule is CCCCOc1ccc(C(=O)NCCSCC(=O)O)cc1. The Labute approximate surface area is 129 Å². The molecular weight excluding hydrogens is 290 g/mol. The molecule has 1 aromatic rings. The lowest BCUT2D eigenvalue weighted by atomic mass is 10.2. The summed E-state index contributed by atoms with van der Waals surface area (Å²) in [6.45, 7) is 3.24. The fraction of sp³-hybridized carbons (Fsp3) is 0.467. The van der Waals surface area contributed by atoms with Gasteiger partial charge in [-0.3, -0.25) is 9.59 Å². The highest BCUT2D eigenvalue weighted by Gasteiger charge is 2.05. The Morgan fingerprint density at radius 2 is 2.00 bits per heavy atom. The molecule has 0 saturated carbocycles. The van der Waals surface area contributed by atoms with Crippen molar-refractivity contribution in [1.82, 2.24) is 5.32 Å². The minimum atomic E-state index is -0.843. The van der Waals surface area contributed by atoms with E-state index in [1.807, 2.05) is 0 Å². The maximum atomic E-state index is 11.8. The summed E-state index contributed by atoms with van der Waals surface area (Å²) < 4.78 is 5.53. The van der Waals surface area contributed by atoms with E-state index in [0.29, 0.717) is 24.5 Å². The summed E-state index contributed by atoms with van der Waals surface area (Å²) >= 11 is 1.28. The van der Waals surface area contributed by atoms with Crippen LogP contribution in [-0.2, 0) is 4.79 Å². The van der Waals surface area contributed by atoms with Crippen LogP contribution in [0.25, 0.3) is 0 Å². The molecule has 0 aliphatic rings. The summed E-state index contributed by atoms with van der Waals surface area (Å²) in [5.41, 5.74) is 0.570. The van der Waals surface area contributed by atoms with Gasteiger partial charge < -0.3 is 15.2 Å². The van der Waals surface area contributed by atoms with Crippen molar-refractivity contribution < 1.29 is 19.4 Å². The van der Waals surface area contributed by atoms with Crippen LogP contribution >= 0.6 is 11.8 Å². The van der Waals surface area contributed by atoms with E-state index in [2.05, 4.69) is 12.2 Å². The zero-order valence-electron chi connectivity index (χ0n) is 12.1. The van der Waals surface area contributed by atoms with Crippen molar-refractivity contribution in [2.75, 3.05) is 24.7 Å². The van der Waals surface area contributed by atoms with Gasteiger partial charge in [-0.25, -0.2) is 0 Å². The molecule has 0 bridgehead atoms. The molecule has 0 heterocycles. The molecule has 2 N–H and O–H groups in total. The average molecular weight is 311 g/mol. The number of amides is 1. The van der Waals surface area contributed by atoms with Gasteiger partial charge in [0.1, 0.15) is 5.75 Å². The van der Waals surface area contributed by atoms with Crippen LogP contribution in [-0.4, -0.2) is 41.6 Å². The lowest BCUT2D eigenvalue weighted by Crippen LogP contribution is -2.25. The van der Waals surface area contributed by atoms with E-state index in [9.17, 15) is 9.59 Å². The fourth-order valence-electron chi connectivity index (χ4n) is 1.54. The van der Waals surface area contributed by atoms with Gasteiger partial charge in [0, 0.05) is 17.9 Å². The van der Waals surface area contributed by atoms with E-state index in [0.717, 1.165) is 18.6 Å². The molecule has 1 aromatic carbocycles. The number of ether oxygens (including phenoxy) is 1. The molecule has 1 rings (SSSR count). The van der Waals surface area contributed by atoms with Crippen LogP contribution in [0.2, 0.25) is 0 Å². The number of carbonyl (C=O) groups excluding carboxylic acids is 1. The third kappa shape index (κ3) is 7.60. The zero-order valence-corrected chi connectivity index (χ0v) is 12.9. The third-order valence-electron chi connectivity index (χ3n) is 2.64. The van der Waals surface area contributed by atoms with Crippen molar-refractivity contribution in [3.63, 3.8) is 0 Å². The molecule has 0 radical (unpaired) electrons. The van der Waals surface area contributed by atoms with Crippen molar-refractivity contribution >= 4 is 23.6 Å². The molecule has 0 aliphatic carbocycles. The third-order valence-corrected chi connectivity index (χ3v) is 3.58. The summed E-state index contributed by atoms with van der Waals surface area (Å²) in [6.07, 6.45) is 2.09. The van der Waals surface area contributed by atoms with E-state index in [4.69, 9.17) is 9.84 Å². The predicted molar refractivity (Wildman–Crippen MR) is 84.1 cm³/mol. The molecular formula is C15H21NO4S. The fourth-order valence-corrected chi connectivity index (χ4v) is 2.10. The second-order valence-corrected chi connectivity index (χ2v) is 5.53. The van der Waals surface area contributed by atoms with Crippen molar-refractivity contribution in [1.29, 1.82) is 0 Å². The normalized spacial score (nSPS) is 10.1. The van der Waals surface area contributed by atoms with Gasteiger partial charge in [-0.1, -0.05) is 13.3 Å². The van der Waals surface area contributed by atoms with E-state index in [1.54, 1.807) is 24.3 Å². The number of benzene rings is 1. The van der Waals surface area contributed by atoms with Crippen LogP contribution < -0.4 is 10.1 Å². The number of nitrogens with one attached hydrogen (secondary N) is 1. The summed E-state index contributed by atoms with van der Waals surface area (Å²) in [7, 11) is 0. The van der Waals surface area contributed by atoms with Crippen LogP contribution in [0.5, 0.6) is 5.75 Å². The van der Waals surface area contributed by atoms with Crippen LogP contribution in [0, 0.1) is 0 Å². The molecule has 0 aromatic heterocycles. The van der Waals surface area contributed by atoms with Gasteiger partial charge >= 0.3 is 5.97 Å². The molecule has 0 spiro atoms. The number of hydrogen-bond donors (Lipinski definition) is 2. The first-order chi connectivity index (χ1) is 10.1. The van der Waals surface area contributed by atoms with Gasteiger partial charge in [-0.05, 0) is 30.7 Å². The molecule has 21 heavy (non-hydrogen) atoms. The second kappa shape index (κ2) is 10.1. The number of unbranched alkanes of at least 4 members (excludes halogenated alkanes) is 1. The summed E-state index contributed by atoms with van der Waals surface area (Å²) in [4.78, 5) is 22.2. The highest BCUT2D eigenvalue weighted by atomic mass is 32.2. The van der Waals surface area contributed by atoms with E-state index < -0.39 is 5.97 Å². The molecule has 5 nitrogen and oxygen atoms in total. The number of rotatable bonds is 10. The summed E-state index contributed by atoms with van der Waals surface area (Å²) in [5, 5.41) is 11.2. The first-order valence-electron chi connectivity index (χ1n) is 6.94. The zero-order chi connectivity index (χ0) is 15.5. The molecule has 6 heteroatoms. The summed E-state index contributed by atoms with van der Waals surface area (Å²) in [5.74, 6) is 0.392. The first kappa shape index (κ1) is 17.4. The van der Waals surface area contributed by atoms with Crippen LogP contribution in [0.4, 0.5) is 0 Å². The highest BCUT2D eigenvalue weighted by Crippen LogP contribution is 2.12. The average Bonchev–Trinajstić information content (AvgIpc) is 2.47. The number of thioether (sulfide) groups is 1. The standard InChI is InChI=1S/C15H21NO4S/c1-2-3-9-20-13-6-4-12(5-7-13)15(19)16-8-10-21-11-14(17)18/h4-7H,2-3,8-11H2,1H3,(H,16,19)(H,17,18). The number of aliphatic carboxylic acids is 1. The topological polar surface area (TPSA) is 75.6 Å². The maximum Gasteiger partial charge on any atom is 0.313 e. The first-order valence-corrected chi connectivity index (χ1v) is 8.09. The van der Waals surface area contributed by atoms with Gasteiger partial charge in [0.15, 0.2) is 0 Å². The van der Waals surface area contributed by atoms with Crippen molar-refractivity contribution in [3.8, 4) is 5.75 Å². The smallest absolute Gasteiger partial charge is 0.313 e. The number of carboxylic acid groups (broad SMARTS) is 1. The van der Waals surface area contributed by atoms with Crippen molar-refractivity contribution in [3.05, 3.63) is 29.8 Å². The second-order valence-electron chi connectivity index (χ2n) is 4.43. The van der Waals surface area contributed by atoms with E-state index >= 15 is 0 Å². The minimum absolute atomic E-state index is 0.0552. The Balaban J connectivity index is 2.29. The van der Waals surface area contributed by atoms with Gasteiger partial charge in [0.25, 0.3) is 5.91 Å². The Hall–Kier alpha value is -1.69. The lowest BCUT2D eigenvalue weighted by molar-refractivity contribution is -0.133. The number of carboxylic acids is 1. The van der Waals surface area contributed by atoms with Gasteiger partial charge in [-0.15, -0.1) is 11.8 Å². The van der Waals surface area contributed by atoms with Gasteiger partial charge in [0.05, 0.1) is 12.4 Å². The summed E-state index contributed by atoms with van der Waals surface area (Å²) in [6, 6.07) is 7.01. The Morgan fingerprint density at radius 1 is 1.29 bits per heavy atom. The van der Waals surface area contributed by atoms with E-state index in [1.165, 1.54) is 11.8 Å². The van der Waals surface area contributed by atoms with Crippen molar-refractivity contribution in [2.45, 2.75) is 19.8 Å². The Bertz CT molecular complexity index is 447. The monoisotopic (exact) mass is 311 g/mol. The van der Waals surface area contributed by atoms with Crippen LogP contribution in [0.15, 0.2) is 24.3 Å². The minimum Gasteiger partial charge on any atom is -0.494 e.